The van der Waals surface area contributed by atoms with Crippen LogP contribution >= 0.6 is 0 Å². The lowest BCUT2D eigenvalue weighted by molar-refractivity contribution is 0.300. The van der Waals surface area contributed by atoms with Gasteiger partial charge in [-0.2, -0.15) is 5.10 Å². The third-order valence-electron chi connectivity index (χ3n) is 3.36. The Morgan fingerprint density at radius 1 is 1.43 bits per heavy atom. The molecule has 14 heavy (non-hydrogen) atoms. The highest BCUT2D eigenvalue weighted by molar-refractivity contribution is 5.07. The van der Waals surface area contributed by atoms with E-state index in [4.69, 9.17) is 5.73 Å². The fourth-order valence-electron chi connectivity index (χ4n) is 2.45. The van der Waals surface area contributed by atoms with Gasteiger partial charge in [0.25, 0.3) is 0 Å². The summed E-state index contributed by atoms with van der Waals surface area (Å²) in [5.41, 5.74) is 7.43. The number of hydrogen-bond acceptors (Lipinski definition) is 2. The van der Waals surface area contributed by atoms with Gasteiger partial charge in [-0.25, -0.2) is 0 Å². The third kappa shape index (κ3) is 1.82. The Morgan fingerprint density at radius 2 is 2.14 bits per heavy atom. The van der Waals surface area contributed by atoms with Gasteiger partial charge in [-0.15, -0.1) is 0 Å². The molecule has 2 N–H and O–H groups in total. The summed E-state index contributed by atoms with van der Waals surface area (Å²) >= 11 is 0. The standard InChI is InChI=1S/C11H19N3/c1-14-10(7-8-13-14)11(12)9-5-3-2-4-6-9/h7-9,11H,2-6,12H2,1H3. The maximum absolute atomic E-state index is 6.25. The monoisotopic (exact) mass is 193 g/mol. The van der Waals surface area contributed by atoms with Gasteiger partial charge in [0.1, 0.15) is 0 Å². The molecule has 0 bridgehead atoms. The van der Waals surface area contributed by atoms with Gasteiger partial charge in [-0.3, -0.25) is 4.68 Å². The first kappa shape index (κ1) is 9.71. The topological polar surface area (TPSA) is 43.8 Å². The second-order valence-electron chi connectivity index (χ2n) is 4.30. The molecule has 1 saturated carbocycles. The highest BCUT2D eigenvalue weighted by Crippen LogP contribution is 2.32. The maximum atomic E-state index is 6.25. The average Bonchev–Trinajstić information content (AvgIpc) is 2.65. The summed E-state index contributed by atoms with van der Waals surface area (Å²) in [7, 11) is 1.97. The molecule has 1 unspecified atom stereocenters. The second kappa shape index (κ2) is 4.13. The molecule has 0 radical (unpaired) electrons. The van der Waals surface area contributed by atoms with E-state index in [0.29, 0.717) is 5.92 Å². The molecule has 0 spiro atoms. The summed E-state index contributed by atoms with van der Waals surface area (Å²) in [6.45, 7) is 0. The van der Waals surface area contributed by atoms with Crippen LogP contribution in [0, 0.1) is 5.92 Å². The average molecular weight is 193 g/mol. The Hall–Kier alpha value is -0.830. The van der Waals surface area contributed by atoms with Crippen LogP contribution in [0.4, 0.5) is 0 Å². The minimum absolute atomic E-state index is 0.183. The molecule has 1 heterocycles. The molecule has 0 saturated heterocycles. The van der Waals surface area contributed by atoms with E-state index in [1.165, 1.54) is 37.8 Å². The highest BCUT2D eigenvalue weighted by atomic mass is 15.3. The van der Waals surface area contributed by atoms with Crippen LogP contribution in [0.2, 0.25) is 0 Å². The fourth-order valence-corrected chi connectivity index (χ4v) is 2.45. The SMILES string of the molecule is Cn1nccc1C(N)C1CCCCC1. The number of nitrogens with zero attached hydrogens (tertiary/aromatic N) is 2. The van der Waals surface area contributed by atoms with Gasteiger partial charge >= 0.3 is 0 Å². The summed E-state index contributed by atoms with van der Waals surface area (Å²) in [5, 5.41) is 4.17. The smallest absolute Gasteiger partial charge is 0.0550 e. The van der Waals surface area contributed by atoms with Crippen molar-refractivity contribution in [2.24, 2.45) is 18.7 Å². The van der Waals surface area contributed by atoms with Crippen LogP contribution in [-0.4, -0.2) is 9.78 Å². The van der Waals surface area contributed by atoms with Gasteiger partial charge in [0, 0.05) is 19.3 Å². The Bertz CT molecular complexity index is 286. The maximum Gasteiger partial charge on any atom is 0.0550 e. The van der Waals surface area contributed by atoms with Crippen LogP contribution in [0.15, 0.2) is 12.3 Å². The van der Waals surface area contributed by atoms with E-state index < -0.39 is 0 Å². The van der Waals surface area contributed by atoms with Crippen LogP contribution in [0.25, 0.3) is 0 Å². The number of aryl methyl sites for hydroxylation is 1. The molecule has 78 valence electrons. The molecule has 0 aromatic carbocycles. The number of hydrogen-bond donors (Lipinski definition) is 1. The van der Waals surface area contributed by atoms with E-state index in [-0.39, 0.29) is 6.04 Å². The fraction of sp³-hybridized carbons (Fsp3) is 0.727. The quantitative estimate of drug-likeness (QED) is 0.780. The molecule has 1 fully saturated rings. The van der Waals surface area contributed by atoms with Crippen LogP contribution < -0.4 is 5.73 Å². The Morgan fingerprint density at radius 3 is 2.71 bits per heavy atom. The van der Waals surface area contributed by atoms with E-state index in [1.807, 2.05) is 24.0 Å². The summed E-state index contributed by atoms with van der Waals surface area (Å²) in [6.07, 6.45) is 8.47. The molecule has 0 amide bonds. The van der Waals surface area contributed by atoms with Crippen molar-refractivity contribution in [3.05, 3.63) is 18.0 Å². The zero-order chi connectivity index (χ0) is 9.97. The number of rotatable bonds is 2. The highest BCUT2D eigenvalue weighted by Gasteiger charge is 2.23. The lowest BCUT2D eigenvalue weighted by atomic mass is 9.83. The normalized spacial score (nSPS) is 21.0. The summed E-state index contributed by atoms with van der Waals surface area (Å²) < 4.78 is 1.90. The van der Waals surface area contributed by atoms with E-state index in [9.17, 15) is 0 Å². The molecule has 1 aromatic heterocycles. The van der Waals surface area contributed by atoms with Crippen LogP contribution in [0.5, 0.6) is 0 Å². The minimum atomic E-state index is 0.183. The van der Waals surface area contributed by atoms with Crippen molar-refractivity contribution in [3.8, 4) is 0 Å². The summed E-state index contributed by atoms with van der Waals surface area (Å²) in [4.78, 5) is 0. The molecule has 1 aliphatic carbocycles. The molecule has 3 nitrogen and oxygen atoms in total. The molecule has 1 atom stereocenters. The molecule has 2 rings (SSSR count). The first-order chi connectivity index (χ1) is 6.79. The van der Waals surface area contributed by atoms with Crippen molar-refractivity contribution in [1.29, 1.82) is 0 Å². The van der Waals surface area contributed by atoms with Crippen molar-refractivity contribution in [2.45, 2.75) is 38.1 Å². The first-order valence-corrected chi connectivity index (χ1v) is 5.52. The molecular weight excluding hydrogens is 174 g/mol. The van der Waals surface area contributed by atoms with Gasteiger partial charge in [0.05, 0.1) is 5.69 Å². The first-order valence-electron chi connectivity index (χ1n) is 5.52. The predicted molar refractivity (Wildman–Crippen MR) is 56.7 cm³/mol. The van der Waals surface area contributed by atoms with Gasteiger partial charge in [0.2, 0.25) is 0 Å². The molecule has 0 aliphatic heterocycles. The largest absolute Gasteiger partial charge is 0.322 e. The molecular formula is C11H19N3. The van der Waals surface area contributed by atoms with Crippen molar-refractivity contribution in [1.82, 2.24) is 9.78 Å². The number of nitrogens with two attached hydrogens (primary N) is 1. The van der Waals surface area contributed by atoms with E-state index in [2.05, 4.69) is 5.10 Å². The Kier molecular flexibility index (Phi) is 2.87. The Labute approximate surface area is 85.3 Å². The van der Waals surface area contributed by atoms with E-state index in [1.54, 1.807) is 0 Å². The second-order valence-corrected chi connectivity index (χ2v) is 4.30. The zero-order valence-electron chi connectivity index (χ0n) is 8.82. The van der Waals surface area contributed by atoms with Crippen LogP contribution in [0.3, 0.4) is 0 Å². The van der Waals surface area contributed by atoms with Gasteiger partial charge in [-0.1, -0.05) is 19.3 Å². The lowest BCUT2D eigenvalue weighted by Crippen LogP contribution is -2.25. The van der Waals surface area contributed by atoms with Gasteiger partial charge in [-0.05, 0) is 24.8 Å². The molecule has 1 aromatic rings. The van der Waals surface area contributed by atoms with Crippen molar-refractivity contribution < 1.29 is 0 Å². The minimum Gasteiger partial charge on any atom is -0.322 e. The van der Waals surface area contributed by atoms with Crippen molar-refractivity contribution in [2.75, 3.05) is 0 Å². The zero-order valence-corrected chi connectivity index (χ0v) is 8.82. The van der Waals surface area contributed by atoms with E-state index >= 15 is 0 Å². The van der Waals surface area contributed by atoms with Crippen LogP contribution in [-0.2, 0) is 7.05 Å². The number of aromatic nitrogens is 2. The third-order valence-corrected chi connectivity index (χ3v) is 3.36. The molecule has 1 aliphatic rings. The van der Waals surface area contributed by atoms with Gasteiger partial charge < -0.3 is 5.73 Å². The summed E-state index contributed by atoms with van der Waals surface area (Å²) in [6, 6.07) is 2.22. The predicted octanol–water partition coefficient (Wildman–Crippen LogP) is 2.00. The summed E-state index contributed by atoms with van der Waals surface area (Å²) in [5.74, 6) is 0.666. The van der Waals surface area contributed by atoms with Gasteiger partial charge in [0.15, 0.2) is 0 Å². The van der Waals surface area contributed by atoms with Crippen molar-refractivity contribution >= 4 is 0 Å². The molecule has 3 heteroatoms. The van der Waals surface area contributed by atoms with Crippen LogP contribution in [0.1, 0.15) is 43.8 Å². The Balaban J connectivity index is 2.07. The van der Waals surface area contributed by atoms with Crippen molar-refractivity contribution in [3.63, 3.8) is 0 Å². The van der Waals surface area contributed by atoms with E-state index in [0.717, 1.165) is 0 Å². The lowest BCUT2D eigenvalue weighted by Gasteiger charge is -2.27.